The first-order valence-corrected chi connectivity index (χ1v) is 12.3. The zero-order chi connectivity index (χ0) is 24.3. The second-order valence-corrected chi connectivity index (χ2v) is 9.17. The molecule has 6 heteroatoms. The van der Waals surface area contributed by atoms with Crippen molar-refractivity contribution in [3.8, 4) is 5.75 Å². The molecule has 0 bridgehead atoms. The van der Waals surface area contributed by atoms with E-state index in [1.54, 1.807) is 17.0 Å². The van der Waals surface area contributed by atoms with Crippen LogP contribution < -0.4 is 10.1 Å². The lowest BCUT2D eigenvalue weighted by Gasteiger charge is -2.31. The molecule has 0 aliphatic rings. The SMILES string of the molecule is CCCNC(=O)C(Cc1ccccc1)N(Cc1cccc(C)c1)C(=O)COc1ccc(Br)cc1. The van der Waals surface area contributed by atoms with E-state index in [4.69, 9.17) is 4.74 Å². The van der Waals surface area contributed by atoms with Crippen LogP contribution in [0.4, 0.5) is 0 Å². The Labute approximate surface area is 210 Å². The van der Waals surface area contributed by atoms with Crippen LogP contribution in [0.3, 0.4) is 0 Å². The average Bonchev–Trinajstić information content (AvgIpc) is 2.85. The van der Waals surface area contributed by atoms with Crippen LogP contribution in [0.5, 0.6) is 5.75 Å². The van der Waals surface area contributed by atoms with E-state index in [1.807, 2.05) is 80.6 Å². The molecular weight excluding hydrogens is 492 g/mol. The fourth-order valence-corrected chi connectivity index (χ4v) is 3.95. The minimum atomic E-state index is -0.657. The van der Waals surface area contributed by atoms with Gasteiger partial charge < -0.3 is 15.0 Å². The molecule has 3 aromatic rings. The van der Waals surface area contributed by atoms with E-state index in [0.29, 0.717) is 25.3 Å². The van der Waals surface area contributed by atoms with Crippen molar-refractivity contribution >= 4 is 27.7 Å². The lowest BCUT2D eigenvalue weighted by Crippen LogP contribution is -2.51. The third-order valence-electron chi connectivity index (χ3n) is 5.43. The van der Waals surface area contributed by atoms with Gasteiger partial charge in [-0.3, -0.25) is 9.59 Å². The van der Waals surface area contributed by atoms with Crippen LogP contribution in [-0.2, 0) is 22.6 Å². The van der Waals surface area contributed by atoms with E-state index in [0.717, 1.165) is 27.6 Å². The average molecular weight is 523 g/mol. The summed E-state index contributed by atoms with van der Waals surface area (Å²) in [6.07, 6.45) is 1.24. The lowest BCUT2D eigenvalue weighted by molar-refractivity contribution is -0.142. The number of nitrogens with one attached hydrogen (secondary N) is 1. The first-order valence-electron chi connectivity index (χ1n) is 11.5. The highest BCUT2D eigenvalue weighted by molar-refractivity contribution is 9.10. The van der Waals surface area contributed by atoms with E-state index >= 15 is 0 Å². The van der Waals surface area contributed by atoms with Crippen LogP contribution in [0.25, 0.3) is 0 Å². The van der Waals surface area contributed by atoms with Crippen molar-refractivity contribution < 1.29 is 14.3 Å². The van der Waals surface area contributed by atoms with Crippen LogP contribution >= 0.6 is 15.9 Å². The van der Waals surface area contributed by atoms with Gasteiger partial charge in [-0.25, -0.2) is 0 Å². The van der Waals surface area contributed by atoms with Crippen molar-refractivity contribution in [1.29, 1.82) is 0 Å². The number of hydrogen-bond donors (Lipinski definition) is 1. The van der Waals surface area contributed by atoms with Crippen LogP contribution in [-0.4, -0.2) is 35.9 Å². The predicted molar refractivity (Wildman–Crippen MR) is 139 cm³/mol. The summed E-state index contributed by atoms with van der Waals surface area (Å²) in [5.74, 6) is 0.203. The molecule has 0 aliphatic carbocycles. The smallest absolute Gasteiger partial charge is 0.261 e. The Morgan fingerprint density at radius 3 is 2.35 bits per heavy atom. The van der Waals surface area contributed by atoms with Gasteiger partial charge in [0.1, 0.15) is 11.8 Å². The standard InChI is InChI=1S/C28H31BrN2O3/c1-3-16-30-28(33)26(18-22-9-5-4-6-10-22)31(19-23-11-7-8-21(2)17-23)27(32)20-34-25-14-12-24(29)13-15-25/h4-15,17,26H,3,16,18-20H2,1-2H3,(H,30,33). The third-order valence-corrected chi connectivity index (χ3v) is 5.96. The number of halogens is 1. The summed E-state index contributed by atoms with van der Waals surface area (Å²) in [5, 5.41) is 2.99. The zero-order valence-electron chi connectivity index (χ0n) is 19.7. The molecular formula is C28H31BrN2O3. The predicted octanol–water partition coefficient (Wildman–Crippen LogP) is 5.30. The van der Waals surface area contributed by atoms with Crippen molar-refractivity contribution in [2.75, 3.05) is 13.2 Å². The number of hydrogen-bond acceptors (Lipinski definition) is 3. The summed E-state index contributed by atoms with van der Waals surface area (Å²) in [6.45, 7) is 4.75. The molecule has 0 fully saturated rings. The minimum absolute atomic E-state index is 0.153. The maximum Gasteiger partial charge on any atom is 0.261 e. The van der Waals surface area contributed by atoms with Crippen LogP contribution in [0.1, 0.15) is 30.0 Å². The number of carbonyl (C=O) groups excluding carboxylic acids is 2. The molecule has 3 aromatic carbocycles. The summed E-state index contributed by atoms with van der Waals surface area (Å²) in [5.41, 5.74) is 3.07. The molecule has 5 nitrogen and oxygen atoms in total. The normalized spacial score (nSPS) is 11.5. The summed E-state index contributed by atoms with van der Waals surface area (Å²) >= 11 is 3.40. The summed E-state index contributed by atoms with van der Waals surface area (Å²) in [7, 11) is 0. The molecule has 0 spiro atoms. The van der Waals surface area contributed by atoms with Gasteiger partial charge in [-0.2, -0.15) is 0 Å². The van der Waals surface area contributed by atoms with Gasteiger partial charge in [-0.05, 0) is 48.7 Å². The molecule has 34 heavy (non-hydrogen) atoms. The van der Waals surface area contributed by atoms with Crippen LogP contribution in [0.15, 0.2) is 83.3 Å². The van der Waals surface area contributed by atoms with Gasteiger partial charge >= 0.3 is 0 Å². The number of carbonyl (C=O) groups is 2. The van der Waals surface area contributed by atoms with E-state index < -0.39 is 6.04 Å². The molecule has 178 valence electrons. The second kappa shape index (κ2) is 12.9. The van der Waals surface area contributed by atoms with Gasteiger partial charge in [0.25, 0.3) is 5.91 Å². The fourth-order valence-electron chi connectivity index (χ4n) is 3.69. The van der Waals surface area contributed by atoms with Crippen molar-refractivity contribution in [2.24, 2.45) is 0 Å². The van der Waals surface area contributed by atoms with Gasteiger partial charge in [-0.15, -0.1) is 0 Å². The Hall–Kier alpha value is -3.12. The second-order valence-electron chi connectivity index (χ2n) is 8.25. The van der Waals surface area contributed by atoms with Crippen LogP contribution in [0, 0.1) is 6.92 Å². The lowest BCUT2D eigenvalue weighted by atomic mass is 10.0. The monoisotopic (exact) mass is 522 g/mol. The van der Waals surface area contributed by atoms with Crippen molar-refractivity contribution in [3.05, 3.63) is 100 Å². The number of nitrogens with zero attached hydrogens (tertiary/aromatic N) is 1. The summed E-state index contributed by atoms with van der Waals surface area (Å²) < 4.78 is 6.72. The maximum atomic E-state index is 13.5. The Morgan fingerprint density at radius 2 is 1.68 bits per heavy atom. The van der Waals surface area contributed by atoms with Gasteiger partial charge in [-0.1, -0.05) is 83.0 Å². The quantitative estimate of drug-likeness (QED) is 0.371. The summed E-state index contributed by atoms with van der Waals surface area (Å²) in [6, 6.07) is 24.5. The molecule has 0 aromatic heterocycles. The number of ether oxygens (including phenoxy) is 1. The van der Waals surface area contributed by atoms with Crippen molar-refractivity contribution in [1.82, 2.24) is 10.2 Å². The highest BCUT2D eigenvalue weighted by Crippen LogP contribution is 2.18. The minimum Gasteiger partial charge on any atom is -0.484 e. The Kier molecular flexibility index (Phi) is 9.71. The first kappa shape index (κ1) is 25.5. The number of aryl methyl sites for hydroxylation is 1. The molecule has 0 saturated heterocycles. The number of benzene rings is 3. The Balaban J connectivity index is 1.88. The van der Waals surface area contributed by atoms with Gasteiger partial charge in [0, 0.05) is 24.0 Å². The summed E-state index contributed by atoms with van der Waals surface area (Å²) in [4.78, 5) is 28.4. The third kappa shape index (κ3) is 7.73. The highest BCUT2D eigenvalue weighted by atomic mass is 79.9. The molecule has 0 radical (unpaired) electrons. The van der Waals surface area contributed by atoms with Gasteiger partial charge in [0.2, 0.25) is 5.91 Å². The fraction of sp³-hybridized carbons (Fsp3) is 0.286. The topological polar surface area (TPSA) is 58.6 Å². The highest BCUT2D eigenvalue weighted by Gasteiger charge is 2.30. The maximum absolute atomic E-state index is 13.5. The molecule has 0 heterocycles. The number of amides is 2. The largest absolute Gasteiger partial charge is 0.484 e. The molecule has 0 aliphatic heterocycles. The zero-order valence-corrected chi connectivity index (χ0v) is 21.3. The molecule has 1 N–H and O–H groups in total. The number of rotatable bonds is 11. The molecule has 1 atom stereocenters. The molecule has 3 rings (SSSR count). The van der Waals surface area contributed by atoms with E-state index in [9.17, 15) is 9.59 Å². The van der Waals surface area contributed by atoms with Crippen molar-refractivity contribution in [3.63, 3.8) is 0 Å². The molecule has 1 unspecified atom stereocenters. The van der Waals surface area contributed by atoms with E-state index in [-0.39, 0.29) is 18.4 Å². The van der Waals surface area contributed by atoms with Crippen molar-refractivity contribution in [2.45, 2.75) is 39.3 Å². The van der Waals surface area contributed by atoms with Gasteiger partial charge in [0.15, 0.2) is 6.61 Å². The van der Waals surface area contributed by atoms with E-state index in [2.05, 4.69) is 21.2 Å². The molecule has 2 amide bonds. The van der Waals surface area contributed by atoms with E-state index in [1.165, 1.54) is 0 Å². The van der Waals surface area contributed by atoms with Gasteiger partial charge in [0.05, 0.1) is 0 Å². The first-order chi connectivity index (χ1) is 16.5. The Morgan fingerprint density at radius 1 is 0.971 bits per heavy atom. The Bertz CT molecular complexity index is 1070. The van der Waals surface area contributed by atoms with Crippen LogP contribution in [0.2, 0.25) is 0 Å². The molecule has 0 saturated carbocycles.